The Morgan fingerprint density at radius 3 is 2.53 bits per heavy atom. The number of methoxy groups -OCH3 is 1. The highest BCUT2D eigenvalue weighted by molar-refractivity contribution is 5.67. The van der Waals surface area contributed by atoms with Gasteiger partial charge in [-0.15, -0.1) is 0 Å². The van der Waals surface area contributed by atoms with Crippen molar-refractivity contribution in [2.24, 2.45) is 5.92 Å². The molecule has 100 valence electrons. The fourth-order valence-corrected chi connectivity index (χ4v) is 2.12. The molecule has 4 heteroatoms. The quantitative estimate of drug-likeness (QED) is 0.720. The summed E-state index contributed by atoms with van der Waals surface area (Å²) < 4.78 is 10.5. The molecule has 0 aliphatic heterocycles. The summed E-state index contributed by atoms with van der Waals surface area (Å²) in [6, 6.07) is 0. The summed E-state index contributed by atoms with van der Waals surface area (Å²) in [6.45, 7) is 6.10. The first-order valence-corrected chi connectivity index (χ1v) is 6.58. The number of ether oxygens (including phenoxy) is 2. The molecule has 0 saturated heterocycles. The average Bonchev–Trinajstić information content (AvgIpc) is 2.76. The average molecular weight is 243 g/mol. The van der Waals surface area contributed by atoms with Crippen molar-refractivity contribution in [3.05, 3.63) is 0 Å². The molecule has 0 unspecified atom stereocenters. The van der Waals surface area contributed by atoms with E-state index in [1.54, 1.807) is 12.0 Å². The molecule has 1 aliphatic carbocycles. The van der Waals surface area contributed by atoms with Gasteiger partial charge in [-0.25, -0.2) is 4.79 Å². The van der Waals surface area contributed by atoms with Crippen LogP contribution in [0.15, 0.2) is 0 Å². The summed E-state index contributed by atoms with van der Waals surface area (Å²) in [7, 11) is 1.65. The summed E-state index contributed by atoms with van der Waals surface area (Å²) in [5, 5.41) is 0. The van der Waals surface area contributed by atoms with Crippen molar-refractivity contribution >= 4 is 6.09 Å². The lowest BCUT2D eigenvalue weighted by Gasteiger charge is -2.25. The van der Waals surface area contributed by atoms with Crippen molar-refractivity contribution in [2.75, 3.05) is 26.8 Å². The van der Waals surface area contributed by atoms with Crippen LogP contribution in [0.2, 0.25) is 0 Å². The molecule has 0 radical (unpaired) electrons. The zero-order valence-electron chi connectivity index (χ0n) is 11.3. The lowest BCUT2D eigenvalue weighted by atomic mass is 10.2. The third kappa shape index (κ3) is 5.39. The van der Waals surface area contributed by atoms with Gasteiger partial charge in [0.2, 0.25) is 0 Å². The Labute approximate surface area is 104 Å². The van der Waals surface area contributed by atoms with Gasteiger partial charge >= 0.3 is 6.09 Å². The number of hydrogen-bond acceptors (Lipinski definition) is 3. The molecule has 1 aliphatic rings. The van der Waals surface area contributed by atoms with Crippen LogP contribution in [0.4, 0.5) is 4.79 Å². The number of carbonyl (C=O) groups excluding carboxylic acids is 1. The van der Waals surface area contributed by atoms with E-state index in [1.807, 2.05) is 0 Å². The van der Waals surface area contributed by atoms with E-state index in [2.05, 4.69) is 13.8 Å². The van der Waals surface area contributed by atoms with Crippen LogP contribution in [0, 0.1) is 5.92 Å². The first-order chi connectivity index (χ1) is 8.13. The highest BCUT2D eigenvalue weighted by atomic mass is 16.6. The Morgan fingerprint density at radius 1 is 1.35 bits per heavy atom. The number of amides is 1. The van der Waals surface area contributed by atoms with E-state index in [0.29, 0.717) is 19.1 Å². The van der Waals surface area contributed by atoms with E-state index in [1.165, 1.54) is 12.8 Å². The molecule has 4 nitrogen and oxygen atoms in total. The van der Waals surface area contributed by atoms with Gasteiger partial charge in [0.15, 0.2) is 0 Å². The summed E-state index contributed by atoms with van der Waals surface area (Å²) in [5.41, 5.74) is 0. The molecule has 1 rings (SSSR count). The molecule has 0 bridgehead atoms. The SMILES string of the molecule is COCCN(CC(C)C)C(=O)OC1CCCC1. The van der Waals surface area contributed by atoms with Crippen LogP contribution in [0.5, 0.6) is 0 Å². The monoisotopic (exact) mass is 243 g/mol. The second kappa shape index (κ2) is 7.54. The van der Waals surface area contributed by atoms with Gasteiger partial charge in [0.1, 0.15) is 6.10 Å². The van der Waals surface area contributed by atoms with Crippen molar-refractivity contribution < 1.29 is 14.3 Å². The van der Waals surface area contributed by atoms with Gasteiger partial charge in [0.25, 0.3) is 0 Å². The maximum absolute atomic E-state index is 12.0. The maximum Gasteiger partial charge on any atom is 0.410 e. The van der Waals surface area contributed by atoms with Gasteiger partial charge < -0.3 is 14.4 Å². The number of hydrogen-bond donors (Lipinski definition) is 0. The van der Waals surface area contributed by atoms with Crippen molar-refractivity contribution in [2.45, 2.75) is 45.6 Å². The highest BCUT2D eigenvalue weighted by Crippen LogP contribution is 2.21. The predicted molar refractivity (Wildman–Crippen MR) is 67.0 cm³/mol. The third-order valence-electron chi connectivity index (χ3n) is 2.98. The number of nitrogens with zero attached hydrogens (tertiary/aromatic N) is 1. The number of rotatable bonds is 6. The van der Waals surface area contributed by atoms with Crippen LogP contribution in [0.1, 0.15) is 39.5 Å². The molecule has 0 atom stereocenters. The normalized spacial score (nSPS) is 16.5. The summed E-state index contributed by atoms with van der Waals surface area (Å²) in [6.07, 6.45) is 4.36. The molecule has 17 heavy (non-hydrogen) atoms. The fourth-order valence-electron chi connectivity index (χ4n) is 2.12. The Kier molecular flexibility index (Phi) is 6.34. The third-order valence-corrected chi connectivity index (χ3v) is 2.98. The molecule has 1 saturated carbocycles. The molecular weight excluding hydrogens is 218 g/mol. The van der Waals surface area contributed by atoms with Crippen molar-refractivity contribution in [3.63, 3.8) is 0 Å². The zero-order valence-corrected chi connectivity index (χ0v) is 11.3. The topological polar surface area (TPSA) is 38.8 Å². The van der Waals surface area contributed by atoms with E-state index in [9.17, 15) is 4.79 Å². The Morgan fingerprint density at radius 2 is 2.00 bits per heavy atom. The lowest BCUT2D eigenvalue weighted by Crippen LogP contribution is -2.38. The smallest absolute Gasteiger partial charge is 0.410 e. The molecule has 0 N–H and O–H groups in total. The fraction of sp³-hybridized carbons (Fsp3) is 0.923. The van der Waals surface area contributed by atoms with Crippen LogP contribution in [-0.2, 0) is 9.47 Å². The van der Waals surface area contributed by atoms with E-state index in [0.717, 1.165) is 19.4 Å². The largest absolute Gasteiger partial charge is 0.446 e. The molecule has 0 aromatic heterocycles. The molecule has 0 heterocycles. The van der Waals surface area contributed by atoms with Crippen molar-refractivity contribution in [1.82, 2.24) is 4.90 Å². The first-order valence-electron chi connectivity index (χ1n) is 6.58. The van der Waals surface area contributed by atoms with Crippen LogP contribution < -0.4 is 0 Å². The minimum Gasteiger partial charge on any atom is -0.446 e. The van der Waals surface area contributed by atoms with Crippen LogP contribution in [-0.4, -0.2) is 43.9 Å². The van der Waals surface area contributed by atoms with E-state index < -0.39 is 0 Å². The van der Waals surface area contributed by atoms with Crippen molar-refractivity contribution in [1.29, 1.82) is 0 Å². The van der Waals surface area contributed by atoms with Crippen LogP contribution >= 0.6 is 0 Å². The van der Waals surface area contributed by atoms with Crippen LogP contribution in [0.3, 0.4) is 0 Å². The standard InChI is InChI=1S/C13H25NO3/c1-11(2)10-14(8-9-16-3)13(15)17-12-6-4-5-7-12/h11-12H,4-10H2,1-3H3. The van der Waals surface area contributed by atoms with E-state index >= 15 is 0 Å². The molecule has 1 amide bonds. The van der Waals surface area contributed by atoms with Gasteiger partial charge in [-0.2, -0.15) is 0 Å². The molecule has 0 aromatic carbocycles. The Balaban J connectivity index is 2.39. The highest BCUT2D eigenvalue weighted by Gasteiger charge is 2.23. The van der Waals surface area contributed by atoms with E-state index in [-0.39, 0.29) is 12.2 Å². The minimum atomic E-state index is -0.178. The van der Waals surface area contributed by atoms with Gasteiger partial charge in [-0.3, -0.25) is 0 Å². The second-order valence-electron chi connectivity index (χ2n) is 5.12. The molecule has 0 spiro atoms. The minimum absolute atomic E-state index is 0.139. The number of carbonyl (C=O) groups is 1. The first kappa shape index (κ1) is 14.3. The van der Waals surface area contributed by atoms with E-state index in [4.69, 9.17) is 9.47 Å². The van der Waals surface area contributed by atoms with Gasteiger partial charge in [0.05, 0.1) is 6.61 Å². The Bertz CT molecular complexity index is 225. The molecular formula is C13H25NO3. The molecule has 1 fully saturated rings. The zero-order chi connectivity index (χ0) is 12.7. The summed E-state index contributed by atoms with van der Waals surface area (Å²) in [5.74, 6) is 0.447. The lowest BCUT2D eigenvalue weighted by molar-refractivity contribution is 0.0533. The van der Waals surface area contributed by atoms with Gasteiger partial charge in [0, 0.05) is 20.2 Å². The maximum atomic E-state index is 12.0. The summed E-state index contributed by atoms with van der Waals surface area (Å²) in [4.78, 5) is 13.7. The summed E-state index contributed by atoms with van der Waals surface area (Å²) >= 11 is 0. The predicted octanol–water partition coefficient (Wildman–Crippen LogP) is 2.67. The van der Waals surface area contributed by atoms with Gasteiger partial charge in [-0.1, -0.05) is 13.8 Å². The van der Waals surface area contributed by atoms with Crippen molar-refractivity contribution in [3.8, 4) is 0 Å². The van der Waals surface area contributed by atoms with Crippen LogP contribution in [0.25, 0.3) is 0 Å². The molecule has 0 aromatic rings. The second-order valence-corrected chi connectivity index (χ2v) is 5.12. The Hall–Kier alpha value is -0.770. The van der Waals surface area contributed by atoms with Gasteiger partial charge in [-0.05, 0) is 31.6 Å².